The molecule has 1 saturated heterocycles. The number of halogens is 2. The van der Waals surface area contributed by atoms with E-state index in [1.807, 2.05) is 0 Å². The van der Waals surface area contributed by atoms with Gasteiger partial charge in [0.2, 0.25) is 0 Å². The van der Waals surface area contributed by atoms with Crippen LogP contribution in [0.2, 0.25) is 5.02 Å². The molecule has 4 nitrogen and oxygen atoms in total. The van der Waals surface area contributed by atoms with Gasteiger partial charge in [-0.3, -0.25) is 14.5 Å². The largest absolute Gasteiger partial charge is 0.367 e. The van der Waals surface area contributed by atoms with Crippen molar-refractivity contribution < 1.29 is 14.0 Å². The maximum Gasteiger partial charge on any atom is 0.295 e. The molecule has 7 heteroatoms. The highest BCUT2D eigenvalue weighted by molar-refractivity contribution is 8.18. The van der Waals surface area contributed by atoms with E-state index in [0.717, 1.165) is 22.2 Å². The lowest BCUT2D eigenvalue weighted by molar-refractivity contribution is -0.122. The van der Waals surface area contributed by atoms with Crippen molar-refractivity contribution in [1.82, 2.24) is 4.90 Å². The second-order valence-electron chi connectivity index (χ2n) is 5.01. The van der Waals surface area contributed by atoms with Crippen molar-refractivity contribution in [3.63, 3.8) is 0 Å². The van der Waals surface area contributed by atoms with Crippen LogP contribution in [-0.4, -0.2) is 22.7 Å². The van der Waals surface area contributed by atoms with Crippen LogP contribution in [0, 0.1) is 5.82 Å². The van der Waals surface area contributed by atoms with Crippen LogP contribution in [0.25, 0.3) is 6.08 Å². The number of carbonyl (C=O) groups excluding carboxylic acids is 2. The maximum atomic E-state index is 13.1. The van der Waals surface area contributed by atoms with Crippen molar-refractivity contribution in [1.29, 1.82) is 0 Å². The summed E-state index contributed by atoms with van der Waals surface area (Å²) in [6, 6.07) is 12.8. The summed E-state index contributed by atoms with van der Waals surface area (Å²) in [7, 11) is 0. The Labute approximate surface area is 147 Å². The monoisotopic (exact) mass is 362 g/mol. The molecule has 1 N–H and O–H groups in total. The molecule has 24 heavy (non-hydrogen) atoms. The third kappa shape index (κ3) is 3.77. The zero-order valence-electron chi connectivity index (χ0n) is 12.3. The third-order valence-corrected chi connectivity index (χ3v) is 4.47. The Hall–Kier alpha value is -2.31. The fraction of sp³-hybridized carbons (Fsp3) is 0.0588. The topological polar surface area (TPSA) is 49.4 Å². The van der Waals surface area contributed by atoms with Gasteiger partial charge < -0.3 is 5.32 Å². The van der Waals surface area contributed by atoms with Crippen molar-refractivity contribution in [2.75, 3.05) is 12.0 Å². The van der Waals surface area contributed by atoms with Gasteiger partial charge in [0, 0.05) is 10.7 Å². The number of anilines is 1. The summed E-state index contributed by atoms with van der Waals surface area (Å²) in [4.78, 5) is 25.8. The van der Waals surface area contributed by atoms with Crippen LogP contribution in [0.15, 0.2) is 53.4 Å². The Kier molecular flexibility index (Phi) is 4.87. The fourth-order valence-electron chi connectivity index (χ4n) is 2.12. The predicted molar refractivity (Wildman–Crippen MR) is 94.2 cm³/mol. The molecule has 1 aliphatic rings. The van der Waals surface area contributed by atoms with Gasteiger partial charge in [0.25, 0.3) is 11.1 Å². The second-order valence-corrected chi connectivity index (χ2v) is 6.44. The van der Waals surface area contributed by atoms with Crippen molar-refractivity contribution in [2.45, 2.75) is 0 Å². The first-order chi connectivity index (χ1) is 11.5. The number of nitrogens with one attached hydrogen (secondary N) is 1. The number of amides is 2. The van der Waals surface area contributed by atoms with Gasteiger partial charge in [-0.2, -0.15) is 0 Å². The van der Waals surface area contributed by atoms with Gasteiger partial charge in [0.15, 0.2) is 0 Å². The summed E-state index contributed by atoms with van der Waals surface area (Å²) in [5.74, 6) is -0.777. The van der Waals surface area contributed by atoms with Crippen LogP contribution < -0.4 is 5.32 Å². The van der Waals surface area contributed by atoms with E-state index in [1.54, 1.807) is 42.5 Å². The van der Waals surface area contributed by atoms with Gasteiger partial charge in [0.05, 0.1) is 11.6 Å². The van der Waals surface area contributed by atoms with Crippen molar-refractivity contribution in [3.8, 4) is 0 Å². The van der Waals surface area contributed by atoms with Gasteiger partial charge in [-0.1, -0.05) is 29.8 Å². The SMILES string of the molecule is O=C1SC(=Cc2ccc(Cl)cc2)C(=O)N1CNc1cccc(F)c1. The first-order valence-electron chi connectivity index (χ1n) is 7.03. The number of nitrogens with zero attached hydrogens (tertiary/aromatic N) is 1. The number of benzene rings is 2. The average molecular weight is 363 g/mol. The zero-order valence-corrected chi connectivity index (χ0v) is 13.9. The Morgan fingerprint density at radius 3 is 2.62 bits per heavy atom. The molecule has 0 spiro atoms. The molecule has 0 unspecified atom stereocenters. The molecule has 2 amide bonds. The molecule has 0 saturated carbocycles. The average Bonchev–Trinajstić information content (AvgIpc) is 2.82. The lowest BCUT2D eigenvalue weighted by atomic mass is 10.2. The van der Waals surface area contributed by atoms with Crippen molar-refractivity contribution in [3.05, 3.63) is 69.8 Å². The summed E-state index contributed by atoms with van der Waals surface area (Å²) in [5.41, 5.74) is 1.28. The molecular weight excluding hydrogens is 351 g/mol. The summed E-state index contributed by atoms with van der Waals surface area (Å²) in [5, 5.41) is 3.09. The number of imide groups is 1. The van der Waals surface area contributed by atoms with E-state index in [1.165, 1.54) is 12.1 Å². The van der Waals surface area contributed by atoms with Gasteiger partial charge in [-0.05, 0) is 53.7 Å². The lowest BCUT2D eigenvalue weighted by Crippen LogP contribution is -2.33. The van der Waals surface area contributed by atoms with Crippen LogP contribution in [0.4, 0.5) is 14.9 Å². The number of hydrogen-bond acceptors (Lipinski definition) is 4. The fourth-order valence-corrected chi connectivity index (χ4v) is 3.08. The molecule has 3 rings (SSSR count). The molecule has 1 aliphatic heterocycles. The Bertz CT molecular complexity index is 824. The number of thioether (sulfide) groups is 1. The van der Waals surface area contributed by atoms with E-state index in [0.29, 0.717) is 15.6 Å². The van der Waals surface area contributed by atoms with E-state index >= 15 is 0 Å². The third-order valence-electron chi connectivity index (χ3n) is 3.31. The summed E-state index contributed by atoms with van der Waals surface area (Å²) >= 11 is 6.69. The Balaban J connectivity index is 1.71. The minimum atomic E-state index is -0.392. The molecule has 0 aromatic heterocycles. The summed E-state index contributed by atoms with van der Waals surface area (Å²) in [6.07, 6.45) is 1.64. The van der Waals surface area contributed by atoms with E-state index < -0.39 is 5.82 Å². The van der Waals surface area contributed by atoms with Crippen LogP contribution in [0.1, 0.15) is 5.56 Å². The molecule has 1 heterocycles. The summed E-state index contributed by atoms with van der Waals surface area (Å²) < 4.78 is 13.1. The van der Waals surface area contributed by atoms with Crippen LogP contribution in [-0.2, 0) is 4.79 Å². The highest BCUT2D eigenvalue weighted by Crippen LogP contribution is 2.32. The highest BCUT2D eigenvalue weighted by Gasteiger charge is 2.34. The minimum Gasteiger partial charge on any atom is -0.367 e. The molecule has 0 radical (unpaired) electrons. The maximum absolute atomic E-state index is 13.1. The van der Waals surface area contributed by atoms with Crippen LogP contribution >= 0.6 is 23.4 Å². The van der Waals surface area contributed by atoms with Crippen molar-refractivity contribution in [2.24, 2.45) is 0 Å². The summed E-state index contributed by atoms with van der Waals surface area (Å²) in [6.45, 7) is -0.0217. The van der Waals surface area contributed by atoms with Crippen molar-refractivity contribution >= 4 is 46.3 Å². The molecule has 0 atom stereocenters. The molecule has 2 aromatic carbocycles. The quantitative estimate of drug-likeness (QED) is 0.808. The Morgan fingerprint density at radius 2 is 1.92 bits per heavy atom. The number of rotatable bonds is 4. The van der Waals surface area contributed by atoms with Gasteiger partial charge >= 0.3 is 0 Å². The molecule has 0 aliphatic carbocycles. The van der Waals surface area contributed by atoms with Gasteiger partial charge in [-0.15, -0.1) is 0 Å². The molecule has 1 fully saturated rings. The smallest absolute Gasteiger partial charge is 0.295 e. The van der Waals surface area contributed by atoms with Gasteiger partial charge in [-0.25, -0.2) is 4.39 Å². The Morgan fingerprint density at radius 1 is 1.17 bits per heavy atom. The number of carbonyl (C=O) groups is 2. The van der Waals surface area contributed by atoms with Crippen LogP contribution in [0.5, 0.6) is 0 Å². The van der Waals surface area contributed by atoms with Crippen LogP contribution in [0.3, 0.4) is 0 Å². The van der Waals surface area contributed by atoms with Gasteiger partial charge in [0.1, 0.15) is 5.82 Å². The first kappa shape index (κ1) is 16.5. The standard InChI is InChI=1S/C17H12ClFN2O2S/c18-12-6-4-11(5-7-12)8-15-16(22)21(17(23)24-15)10-20-14-3-1-2-13(19)9-14/h1-9,20H,10H2. The lowest BCUT2D eigenvalue weighted by Gasteiger charge is -2.14. The second kappa shape index (κ2) is 7.07. The number of hydrogen-bond donors (Lipinski definition) is 1. The highest BCUT2D eigenvalue weighted by atomic mass is 35.5. The molecule has 0 bridgehead atoms. The zero-order chi connectivity index (χ0) is 17.1. The molecule has 2 aromatic rings. The first-order valence-corrected chi connectivity index (χ1v) is 8.23. The van der Waals surface area contributed by atoms with E-state index in [9.17, 15) is 14.0 Å². The molecule has 122 valence electrons. The van der Waals surface area contributed by atoms with E-state index in [2.05, 4.69) is 5.32 Å². The van der Waals surface area contributed by atoms with E-state index in [-0.39, 0.29) is 17.8 Å². The minimum absolute atomic E-state index is 0.0217. The normalized spacial score (nSPS) is 16.1. The molecular formula is C17H12ClFN2O2S. The van der Waals surface area contributed by atoms with E-state index in [4.69, 9.17) is 11.6 Å². The predicted octanol–water partition coefficient (Wildman–Crippen LogP) is 4.59.